The third kappa shape index (κ3) is 2.06. The molecule has 0 saturated heterocycles. The molecule has 1 aromatic heterocycles. The second-order valence-corrected chi connectivity index (χ2v) is 4.69. The summed E-state index contributed by atoms with van der Waals surface area (Å²) in [5.74, 6) is 1.02. The predicted octanol–water partition coefficient (Wildman–Crippen LogP) is 1.07. The first-order valence-corrected chi connectivity index (χ1v) is 6.10. The van der Waals surface area contributed by atoms with Crippen LogP contribution in [0.25, 0.3) is 6.20 Å². The second kappa shape index (κ2) is 4.40. The molecular weight excluding hydrogens is 240 g/mol. The Kier molecular flexibility index (Phi) is 2.72. The van der Waals surface area contributed by atoms with Gasteiger partial charge >= 0.3 is 0 Å². The smallest absolute Gasteiger partial charge is 0.226 e. The number of anilines is 1. The zero-order chi connectivity index (χ0) is 13.4. The van der Waals surface area contributed by atoms with Crippen LogP contribution in [0, 0.1) is 6.92 Å². The Morgan fingerprint density at radius 1 is 1.16 bits per heavy atom. The summed E-state index contributed by atoms with van der Waals surface area (Å²) in [5, 5.41) is 7.85. The molecule has 1 atom stereocenters. The summed E-state index contributed by atoms with van der Waals surface area (Å²) in [6.07, 6.45) is 3.41. The third-order valence-corrected chi connectivity index (χ3v) is 3.26. The van der Waals surface area contributed by atoms with Crippen LogP contribution in [-0.2, 0) is 6.54 Å². The van der Waals surface area contributed by atoms with Gasteiger partial charge in [0.1, 0.15) is 6.17 Å². The summed E-state index contributed by atoms with van der Waals surface area (Å²) in [6, 6.07) is 8.39. The summed E-state index contributed by atoms with van der Waals surface area (Å²) >= 11 is 0. The van der Waals surface area contributed by atoms with E-state index in [9.17, 15) is 0 Å². The molecule has 1 unspecified atom stereocenters. The Bertz CT molecular complexity index is 613. The summed E-state index contributed by atoms with van der Waals surface area (Å²) in [7, 11) is 0. The Labute approximate surface area is 111 Å². The lowest BCUT2D eigenvalue weighted by Crippen LogP contribution is -2.34. The van der Waals surface area contributed by atoms with Gasteiger partial charge in [-0.15, -0.1) is 10.2 Å². The first-order chi connectivity index (χ1) is 9.15. The van der Waals surface area contributed by atoms with Crippen molar-refractivity contribution in [1.29, 1.82) is 0 Å². The van der Waals surface area contributed by atoms with Crippen molar-refractivity contribution in [3.63, 3.8) is 0 Å². The van der Waals surface area contributed by atoms with Crippen LogP contribution in [0.4, 0.5) is 5.95 Å². The lowest BCUT2D eigenvalue weighted by Gasteiger charge is -2.30. The van der Waals surface area contributed by atoms with Gasteiger partial charge in [-0.1, -0.05) is 29.8 Å². The number of benzene rings is 1. The van der Waals surface area contributed by atoms with E-state index in [1.165, 1.54) is 11.1 Å². The van der Waals surface area contributed by atoms with Crippen LogP contribution in [0.2, 0.25) is 0 Å². The summed E-state index contributed by atoms with van der Waals surface area (Å²) in [4.78, 5) is 2.01. The summed E-state index contributed by atoms with van der Waals surface area (Å²) < 4.78 is 1.70. The van der Waals surface area contributed by atoms with Crippen molar-refractivity contribution in [3.8, 4) is 0 Å². The van der Waals surface area contributed by atoms with Crippen molar-refractivity contribution < 1.29 is 0 Å². The number of aromatic nitrogens is 3. The highest BCUT2D eigenvalue weighted by molar-refractivity contribution is 5.38. The molecule has 0 spiro atoms. The minimum absolute atomic E-state index is 0.337. The highest BCUT2D eigenvalue weighted by Gasteiger charge is 2.23. The molecule has 1 aliphatic rings. The molecule has 19 heavy (non-hydrogen) atoms. The maximum atomic E-state index is 6.18. The number of aryl methyl sites for hydroxylation is 1. The SMILES string of the molecule is Cc1ccc(CN2C=Cn3c(N)nnc3C2N)cc1. The van der Waals surface area contributed by atoms with Crippen molar-refractivity contribution in [1.82, 2.24) is 19.7 Å². The molecule has 0 bridgehead atoms. The Morgan fingerprint density at radius 3 is 2.63 bits per heavy atom. The average molecular weight is 256 g/mol. The van der Waals surface area contributed by atoms with Crippen molar-refractivity contribution in [2.45, 2.75) is 19.6 Å². The molecule has 4 N–H and O–H groups in total. The zero-order valence-electron chi connectivity index (χ0n) is 10.7. The van der Waals surface area contributed by atoms with E-state index in [4.69, 9.17) is 11.5 Å². The molecule has 0 amide bonds. The number of rotatable bonds is 2. The van der Waals surface area contributed by atoms with E-state index in [2.05, 4.69) is 41.4 Å². The summed E-state index contributed by atoms with van der Waals surface area (Å²) in [5.41, 5.74) is 14.3. The molecule has 2 heterocycles. The van der Waals surface area contributed by atoms with Gasteiger partial charge < -0.3 is 16.4 Å². The maximum absolute atomic E-state index is 6.18. The fraction of sp³-hybridized carbons (Fsp3) is 0.231. The van der Waals surface area contributed by atoms with Crippen molar-refractivity contribution >= 4 is 12.1 Å². The minimum Gasteiger partial charge on any atom is -0.368 e. The van der Waals surface area contributed by atoms with Gasteiger partial charge in [-0.05, 0) is 12.5 Å². The third-order valence-electron chi connectivity index (χ3n) is 3.26. The molecule has 1 aromatic carbocycles. The lowest BCUT2D eigenvalue weighted by atomic mass is 10.1. The fourth-order valence-corrected chi connectivity index (χ4v) is 2.12. The van der Waals surface area contributed by atoms with Gasteiger partial charge in [0.15, 0.2) is 5.82 Å². The first-order valence-electron chi connectivity index (χ1n) is 6.10. The van der Waals surface area contributed by atoms with Gasteiger partial charge in [0.25, 0.3) is 0 Å². The van der Waals surface area contributed by atoms with Gasteiger partial charge in [0.2, 0.25) is 5.95 Å². The van der Waals surface area contributed by atoms with Crippen LogP contribution in [-0.4, -0.2) is 19.7 Å². The van der Waals surface area contributed by atoms with Crippen LogP contribution in [0.5, 0.6) is 0 Å². The molecule has 0 aliphatic carbocycles. The zero-order valence-corrected chi connectivity index (χ0v) is 10.7. The second-order valence-electron chi connectivity index (χ2n) is 4.69. The van der Waals surface area contributed by atoms with E-state index >= 15 is 0 Å². The van der Waals surface area contributed by atoms with Gasteiger partial charge in [-0.25, -0.2) is 0 Å². The Morgan fingerprint density at radius 2 is 1.89 bits per heavy atom. The van der Waals surface area contributed by atoms with Gasteiger partial charge in [0.05, 0.1) is 0 Å². The standard InChI is InChI=1S/C13H16N6/c1-9-2-4-10(5-3-9)8-18-6-7-19-12(11(18)14)16-17-13(19)15/h2-7,11H,8,14H2,1H3,(H2,15,17). The number of nitrogens with zero attached hydrogens (tertiary/aromatic N) is 4. The molecule has 0 fully saturated rings. The summed E-state index contributed by atoms with van der Waals surface area (Å²) in [6.45, 7) is 2.80. The fourth-order valence-electron chi connectivity index (χ4n) is 2.12. The average Bonchev–Trinajstić information content (AvgIpc) is 2.78. The van der Waals surface area contributed by atoms with E-state index in [0.29, 0.717) is 11.8 Å². The van der Waals surface area contributed by atoms with Gasteiger partial charge in [-0.2, -0.15) is 0 Å². The minimum atomic E-state index is -0.337. The highest BCUT2D eigenvalue weighted by Crippen LogP contribution is 2.23. The van der Waals surface area contributed by atoms with Crippen LogP contribution in [0.1, 0.15) is 23.1 Å². The lowest BCUT2D eigenvalue weighted by molar-refractivity contribution is 0.259. The molecule has 6 heteroatoms. The van der Waals surface area contributed by atoms with Crippen LogP contribution >= 0.6 is 0 Å². The monoisotopic (exact) mass is 256 g/mol. The number of nitrogens with two attached hydrogens (primary N) is 2. The topological polar surface area (TPSA) is 86.0 Å². The Balaban J connectivity index is 1.83. The normalized spacial score (nSPS) is 17.6. The molecule has 2 aromatic rings. The molecule has 98 valence electrons. The van der Waals surface area contributed by atoms with Crippen molar-refractivity contribution in [2.75, 3.05) is 5.73 Å². The van der Waals surface area contributed by atoms with E-state index in [1.54, 1.807) is 4.57 Å². The maximum Gasteiger partial charge on any atom is 0.226 e. The van der Waals surface area contributed by atoms with Crippen LogP contribution in [0.3, 0.4) is 0 Å². The van der Waals surface area contributed by atoms with Gasteiger partial charge in [-0.3, -0.25) is 4.57 Å². The van der Waals surface area contributed by atoms with Crippen LogP contribution < -0.4 is 11.5 Å². The van der Waals surface area contributed by atoms with Crippen LogP contribution in [0.15, 0.2) is 30.5 Å². The molecule has 0 radical (unpaired) electrons. The van der Waals surface area contributed by atoms with E-state index in [1.807, 2.05) is 17.3 Å². The molecule has 0 saturated carbocycles. The quantitative estimate of drug-likeness (QED) is 0.839. The van der Waals surface area contributed by atoms with E-state index in [0.717, 1.165) is 6.54 Å². The first kappa shape index (κ1) is 11.7. The largest absolute Gasteiger partial charge is 0.368 e. The molecule has 3 rings (SSSR count). The molecule has 1 aliphatic heterocycles. The predicted molar refractivity (Wildman–Crippen MR) is 73.4 cm³/mol. The number of fused-ring (bicyclic) bond motifs is 1. The van der Waals surface area contributed by atoms with Gasteiger partial charge in [0, 0.05) is 18.9 Å². The van der Waals surface area contributed by atoms with Crippen molar-refractivity contribution in [3.05, 3.63) is 47.4 Å². The highest BCUT2D eigenvalue weighted by atomic mass is 15.4. The van der Waals surface area contributed by atoms with E-state index < -0.39 is 0 Å². The Hall–Kier alpha value is -2.34. The molecule has 6 nitrogen and oxygen atoms in total. The number of hydrogen-bond acceptors (Lipinski definition) is 5. The van der Waals surface area contributed by atoms with Crippen molar-refractivity contribution in [2.24, 2.45) is 5.73 Å². The number of hydrogen-bond donors (Lipinski definition) is 2. The van der Waals surface area contributed by atoms with E-state index in [-0.39, 0.29) is 6.17 Å². The number of nitrogen functional groups attached to an aromatic ring is 1. The molecular formula is C13H16N6.